The van der Waals surface area contributed by atoms with Crippen LogP contribution in [0.15, 0.2) is 12.4 Å². The molecule has 0 radical (unpaired) electrons. The standard InChI is InChI=1S/C11H21N3/c1-5-12-10(4)9(3)11-13-7-8-14(11)6-2/h7-10,12H,5-6H2,1-4H3. The first-order valence-corrected chi connectivity index (χ1v) is 5.45. The molecule has 0 spiro atoms. The molecule has 0 aliphatic heterocycles. The summed E-state index contributed by atoms with van der Waals surface area (Å²) in [5.41, 5.74) is 0. The van der Waals surface area contributed by atoms with Crippen LogP contribution in [0.1, 0.15) is 39.4 Å². The van der Waals surface area contributed by atoms with Gasteiger partial charge in [-0.2, -0.15) is 0 Å². The van der Waals surface area contributed by atoms with E-state index in [2.05, 4.69) is 42.6 Å². The maximum atomic E-state index is 4.41. The Morgan fingerprint density at radius 2 is 2.14 bits per heavy atom. The van der Waals surface area contributed by atoms with Crippen LogP contribution in [0, 0.1) is 0 Å². The molecule has 1 aromatic rings. The van der Waals surface area contributed by atoms with Crippen molar-refractivity contribution in [1.29, 1.82) is 0 Å². The molecule has 1 aromatic heterocycles. The first-order valence-electron chi connectivity index (χ1n) is 5.45. The second-order valence-corrected chi connectivity index (χ2v) is 3.71. The monoisotopic (exact) mass is 195 g/mol. The fourth-order valence-corrected chi connectivity index (χ4v) is 1.71. The van der Waals surface area contributed by atoms with Gasteiger partial charge in [0, 0.05) is 30.9 Å². The molecule has 0 aliphatic carbocycles. The van der Waals surface area contributed by atoms with Crippen molar-refractivity contribution in [2.45, 2.75) is 46.2 Å². The van der Waals surface area contributed by atoms with E-state index in [-0.39, 0.29) is 0 Å². The summed E-state index contributed by atoms with van der Waals surface area (Å²) in [5.74, 6) is 1.64. The van der Waals surface area contributed by atoms with E-state index in [9.17, 15) is 0 Å². The minimum Gasteiger partial charge on any atom is -0.335 e. The van der Waals surface area contributed by atoms with E-state index in [1.165, 1.54) is 5.82 Å². The first-order chi connectivity index (χ1) is 6.70. The normalized spacial score (nSPS) is 15.4. The van der Waals surface area contributed by atoms with Crippen molar-refractivity contribution in [2.75, 3.05) is 6.54 Å². The molecular weight excluding hydrogens is 174 g/mol. The molecule has 0 aliphatic rings. The van der Waals surface area contributed by atoms with Gasteiger partial charge in [-0.15, -0.1) is 0 Å². The Bertz CT molecular complexity index is 267. The third-order valence-electron chi connectivity index (χ3n) is 2.77. The average Bonchev–Trinajstić information content (AvgIpc) is 2.64. The smallest absolute Gasteiger partial charge is 0.113 e. The fraction of sp³-hybridized carbons (Fsp3) is 0.727. The Balaban J connectivity index is 2.72. The van der Waals surface area contributed by atoms with Crippen LogP contribution in [0.5, 0.6) is 0 Å². The quantitative estimate of drug-likeness (QED) is 0.779. The number of hydrogen-bond donors (Lipinski definition) is 1. The summed E-state index contributed by atoms with van der Waals surface area (Å²) in [7, 11) is 0. The zero-order valence-corrected chi connectivity index (χ0v) is 9.62. The Morgan fingerprint density at radius 1 is 1.43 bits per heavy atom. The lowest BCUT2D eigenvalue weighted by molar-refractivity contribution is 0.464. The van der Waals surface area contributed by atoms with Gasteiger partial charge >= 0.3 is 0 Å². The van der Waals surface area contributed by atoms with E-state index in [1.54, 1.807) is 0 Å². The molecule has 0 bridgehead atoms. The highest BCUT2D eigenvalue weighted by Crippen LogP contribution is 2.17. The number of rotatable bonds is 5. The molecular formula is C11H21N3. The Kier molecular flexibility index (Phi) is 4.14. The SMILES string of the molecule is CCNC(C)C(C)c1nccn1CC. The number of imidazole rings is 1. The highest BCUT2D eigenvalue weighted by atomic mass is 15.1. The molecule has 1 heterocycles. The number of aryl methyl sites for hydroxylation is 1. The Hall–Kier alpha value is -0.830. The number of likely N-dealkylation sites (N-methyl/N-ethyl adjacent to an activating group) is 1. The predicted octanol–water partition coefficient (Wildman–Crippen LogP) is 2.00. The van der Waals surface area contributed by atoms with E-state index in [4.69, 9.17) is 0 Å². The molecule has 1 N–H and O–H groups in total. The minimum atomic E-state index is 0.463. The van der Waals surface area contributed by atoms with Gasteiger partial charge in [-0.05, 0) is 20.4 Å². The number of nitrogens with zero attached hydrogens (tertiary/aromatic N) is 2. The van der Waals surface area contributed by atoms with E-state index < -0.39 is 0 Å². The van der Waals surface area contributed by atoms with Crippen LogP contribution in [-0.2, 0) is 6.54 Å². The second-order valence-electron chi connectivity index (χ2n) is 3.71. The molecule has 3 nitrogen and oxygen atoms in total. The van der Waals surface area contributed by atoms with Crippen molar-refractivity contribution in [3.05, 3.63) is 18.2 Å². The van der Waals surface area contributed by atoms with Crippen LogP contribution in [-0.4, -0.2) is 22.1 Å². The van der Waals surface area contributed by atoms with Crippen LogP contribution < -0.4 is 5.32 Å². The van der Waals surface area contributed by atoms with E-state index in [0.717, 1.165) is 13.1 Å². The average molecular weight is 195 g/mol. The number of hydrogen-bond acceptors (Lipinski definition) is 2. The van der Waals surface area contributed by atoms with Crippen molar-refractivity contribution >= 4 is 0 Å². The van der Waals surface area contributed by atoms with Gasteiger partial charge in [-0.3, -0.25) is 0 Å². The Labute approximate surface area is 86.5 Å². The summed E-state index contributed by atoms with van der Waals surface area (Å²) in [6.45, 7) is 10.7. The number of aromatic nitrogens is 2. The maximum absolute atomic E-state index is 4.41. The molecule has 0 fully saturated rings. The lowest BCUT2D eigenvalue weighted by Gasteiger charge is -2.20. The molecule has 0 aromatic carbocycles. The summed E-state index contributed by atoms with van der Waals surface area (Å²) >= 11 is 0. The summed E-state index contributed by atoms with van der Waals surface area (Å²) in [5, 5.41) is 3.43. The van der Waals surface area contributed by atoms with E-state index in [1.807, 2.05) is 12.4 Å². The molecule has 3 heteroatoms. The molecule has 0 amide bonds. The van der Waals surface area contributed by atoms with Gasteiger partial charge in [-0.1, -0.05) is 13.8 Å². The lowest BCUT2D eigenvalue weighted by atomic mass is 10.0. The van der Waals surface area contributed by atoms with E-state index in [0.29, 0.717) is 12.0 Å². The number of nitrogens with one attached hydrogen (secondary N) is 1. The van der Waals surface area contributed by atoms with Crippen molar-refractivity contribution < 1.29 is 0 Å². The highest BCUT2D eigenvalue weighted by molar-refractivity contribution is 5.02. The van der Waals surface area contributed by atoms with Crippen LogP contribution in [0.2, 0.25) is 0 Å². The summed E-state index contributed by atoms with van der Waals surface area (Å²) in [4.78, 5) is 4.41. The Morgan fingerprint density at radius 3 is 2.71 bits per heavy atom. The largest absolute Gasteiger partial charge is 0.335 e. The van der Waals surface area contributed by atoms with Crippen molar-refractivity contribution in [3.63, 3.8) is 0 Å². The van der Waals surface area contributed by atoms with Gasteiger partial charge in [0.1, 0.15) is 5.82 Å². The van der Waals surface area contributed by atoms with Gasteiger partial charge in [0.2, 0.25) is 0 Å². The van der Waals surface area contributed by atoms with Crippen LogP contribution >= 0.6 is 0 Å². The van der Waals surface area contributed by atoms with Gasteiger partial charge in [-0.25, -0.2) is 4.98 Å². The minimum absolute atomic E-state index is 0.463. The zero-order valence-electron chi connectivity index (χ0n) is 9.62. The van der Waals surface area contributed by atoms with Crippen molar-refractivity contribution in [2.24, 2.45) is 0 Å². The third-order valence-corrected chi connectivity index (χ3v) is 2.77. The fourth-order valence-electron chi connectivity index (χ4n) is 1.71. The summed E-state index contributed by atoms with van der Waals surface area (Å²) in [6.07, 6.45) is 3.93. The summed E-state index contributed by atoms with van der Waals surface area (Å²) in [6, 6.07) is 0.479. The van der Waals surface area contributed by atoms with Crippen molar-refractivity contribution in [1.82, 2.24) is 14.9 Å². The van der Waals surface area contributed by atoms with Gasteiger partial charge in [0.15, 0.2) is 0 Å². The topological polar surface area (TPSA) is 29.9 Å². The molecule has 0 saturated heterocycles. The molecule has 0 saturated carbocycles. The molecule has 1 rings (SSSR count). The first kappa shape index (κ1) is 11.2. The van der Waals surface area contributed by atoms with Crippen LogP contribution in [0.3, 0.4) is 0 Å². The van der Waals surface area contributed by atoms with Gasteiger partial charge < -0.3 is 9.88 Å². The van der Waals surface area contributed by atoms with Crippen LogP contribution in [0.25, 0.3) is 0 Å². The van der Waals surface area contributed by atoms with Gasteiger partial charge in [0.25, 0.3) is 0 Å². The zero-order chi connectivity index (χ0) is 10.6. The lowest BCUT2D eigenvalue weighted by Crippen LogP contribution is -2.31. The molecule has 14 heavy (non-hydrogen) atoms. The second kappa shape index (κ2) is 5.15. The highest BCUT2D eigenvalue weighted by Gasteiger charge is 2.17. The van der Waals surface area contributed by atoms with Gasteiger partial charge in [0.05, 0.1) is 0 Å². The van der Waals surface area contributed by atoms with Crippen LogP contribution in [0.4, 0.5) is 0 Å². The summed E-state index contributed by atoms with van der Waals surface area (Å²) < 4.78 is 2.21. The van der Waals surface area contributed by atoms with Crippen molar-refractivity contribution in [3.8, 4) is 0 Å². The maximum Gasteiger partial charge on any atom is 0.113 e. The van der Waals surface area contributed by atoms with E-state index >= 15 is 0 Å². The predicted molar refractivity (Wildman–Crippen MR) is 59.5 cm³/mol. The molecule has 80 valence electrons. The molecule has 2 unspecified atom stereocenters. The molecule has 2 atom stereocenters. The third kappa shape index (κ3) is 2.35.